The average molecular weight is 519 g/mol. The number of hydrogen-bond donors (Lipinski definition) is 3. The van der Waals surface area contributed by atoms with Gasteiger partial charge in [-0.25, -0.2) is 4.79 Å². The Bertz CT molecular complexity index is 1210. The molecule has 0 aromatic heterocycles. The number of carbonyl (C=O) groups excluding carboxylic acids is 2. The summed E-state index contributed by atoms with van der Waals surface area (Å²) in [5.74, 6) is 0.604. The predicted octanol–water partition coefficient (Wildman–Crippen LogP) is 4.48. The van der Waals surface area contributed by atoms with E-state index in [0.29, 0.717) is 36.1 Å². The molecule has 6 atom stereocenters. The first-order chi connectivity index (χ1) is 18.3. The highest BCUT2D eigenvalue weighted by Crippen LogP contribution is 2.61. The number of esters is 1. The molecule has 2 aromatic rings. The van der Waals surface area contributed by atoms with Crippen molar-refractivity contribution in [2.45, 2.75) is 70.0 Å². The zero-order chi connectivity index (χ0) is 26.4. The fourth-order valence-electron chi connectivity index (χ4n) is 7.94. The molecule has 0 radical (unpaired) electrons. The minimum absolute atomic E-state index is 0.0459. The van der Waals surface area contributed by atoms with Crippen LogP contribution in [0.3, 0.4) is 0 Å². The van der Waals surface area contributed by atoms with Gasteiger partial charge in [0, 0.05) is 17.0 Å². The van der Waals surface area contributed by atoms with Gasteiger partial charge in [-0.05, 0) is 117 Å². The number of fused-ring (bicyclic) bond motifs is 5. The number of aryl methyl sites for hydroxylation is 1. The van der Waals surface area contributed by atoms with E-state index in [0.717, 1.165) is 62.7 Å². The van der Waals surface area contributed by atoms with Crippen molar-refractivity contribution in [1.82, 2.24) is 4.90 Å². The van der Waals surface area contributed by atoms with Crippen LogP contribution in [0.25, 0.3) is 0 Å². The van der Waals surface area contributed by atoms with Gasteiger partial charge in [0.1, 0.15) is 11.9 Å². The van der Waals surface area contributed by atoms with E-state index in [9.17, 15) is 19.8 Å². The summed E-state index contributed by atoms with van der Waals surface area (Å²) in [6, 6.07) is 12.5. The molecule has 4 aliphatic rings. The molecule has 0 spiro atoms. The number of aliphatic hydroxyl groups is 1. The summed E-state index contributed by atoms with van der Waals surface area (Å²) in [5, 5.41) is 23.9. The number of carbonyl (C=O) groups is 2. The number of hydrogen-bond acceptors (Lipinski definition) is 6. The summed E-state index contributed by atoms with van der Waals surface area (Å²) in [5.41, 5.74) is 3.12. The van der Waals surface area contributed by atoms with Gasteiger partial charge < -0.3 is 20.3 Å². The Kier molecular flexibility index (Phi) is 6.68. The Balaban J connectivity index is 1.20. The number of rotatable bonds is 5. The fourth-order valence-corrected chi connectivity index (χ4v) is 7.94. The van der Waals surface area contributed by atoms with Gasteiger partial charge in [-0.1, -0.05) is 13.0 Å². The van der Waals surface area contributed by atoms with Crippen molar-refractivity contribution in [3.8, 4) is 5.75 Å². The van der Waals surface area contributed by atoms with Crippen LogP contribution in [0.4, 0.5) is 5.69 Å². The van der Waals surface area contributed by atoms with Crippen LogP contribution in [0.15, 0.2) is 42.5 Å². The van der Waals surface area contributed by atoms with E-state index in [2.05, 4.69) is 17.1 Å². The highest BCUT2D eigenvalue weighted by Gasteiger charge is 2.58. The van der Waals surface area contributed by atoms with E-state index in [-0.39, 0.29) is 41.2 Å². The van der Waals surface area contributed by atoms with Gasteiger partial charge in [0.25, 0.3) is 0 Å². The second kappa shape index (κ2) is 10.0. The van der Waals surface area contributed by atoms with Crippen LogP contribution in [0.1, 0.15) is 72.9 Å². The number of likely N-dealkylation sites (tertiary alicyclic amines) is 1. The van der Waals surface area contributed by atoms with Gasteiger partial charge in [-0.3, -0.25) is 9.69 Å². The number of nitrogens with zero attached hydrogens (tertiary/aromatic N) is 1. The van der Waals surface area contributed by atoms with Crippen molar-refractivity contribution in [2.24, 2.45) is 17.3 Å². The standard InChI is InChI=1S/C31H38N2O5/c1-31-17-26(29-23-11-9-22(34)16-20(23)6-10-24(29)25(31)12-13-27(31)35)38-30(37)19-4-7-21(8-5-19)32-28(36)18-33-14-2-3-15-33/h4-5,7-9,11,16,24-27,29,34-35H,2-3,6,10,12-15,17-18H2,1H3,(H,32,36)/t24-,25-,26+,27-,29+,31-/m0/s1. The van der Waals surface area contributed by atoms with Gasteiger partial charge >= 0.3 is 5.97 Å². The summed E-state index contributed by atoms with van der Waals surface area (Å²) in [6.45, 7) is 4.48. The van der Waals surface area contributed by atoms with Crippen LogP contribution in [-0.4, -0.2) is 58.8 Å². The molecule has 0 bridgehead atoms. The number of phenols is 1. The number of anilines is 1. The molecule has 3 aliphatic carbocycles. The monoisotopic (exact) mass is 518 g/mol. The molecule has 1 aliphatic heterocycles. The molecule has 7 nitrogen and oxygen atoms in total. The van der Waals surface area contributed by atoms with Crippen molar-refractivity contribution in [1.29, 1.82) is 0 Å². The van der Waals surface area contributed by atoms with E-state index >= 15 is 0 Å². The second-order valence-electron chi connectivity index (χ2n) is 12.1. The molecule has 1 saturated heterocycles. The van der Waals surface area contributed by atoms with E-state index in [1.807, 2.05) is 12.1 Å². The number of ether oxygens (including phenoxy) is 1. The molecular formula is C31H38N2O5. The molecule has 3 fully saturated rings. The van der Waals surface area contributed by atoms with Crippen molar-refractivity contribution in [2.75, 3.05) is 25.0 Å². The first-order valence-corrected chi connectivity index (χ1v) is 14.1. The predicted molar refractivity (Wildman–Crippen MR) is 144 cm³/mol. The molecule has 1 heterocycles. The average Bonchev–Trinajstić information content (AvgIpc) is 3.51. The molecule has 6 rings (SSSR count). The molecule has 2 saturated carbocycles. The van der Waals surface area contributed by atoms with Crippen LogP contribution >= 0.6 is 0 Å². The number of benzene rings is 2. The molecule has 7 heteroatoms. The lowest BCUT2D eigenvalue weighted by Gasteiger charge is -2.53. The molecule has 1 amide bonds. The van der Waals surface area contributed by atoms with E-state index in [1.165, 1.54) is 0 Å². The lowest BCUT2D eigenvalue weighted by Crippen LogP contribution is -2.51. The summed E-state index contributed by atoms with van der Waals surface area (Å²) in [4.78, 5) is 27.9. The molecule has 3 N–H and O–H groups in total. The van der Waals surface area contributed by atoms with Crippen molar-refractivity contribution < 1.29 is 24.5 Å². The Morgan fingerprint density at radius 1 is 1.08 bits per heavy atom. The van der Waals surface area contributed by atoms with Gasteiger partial charge in [0.2, 0.25) is 5.91 Å². The van der Waals surface area contributed by atoms with Gasteiger partial charge in [-0.2, -0.15) is 0 Å². The van der Waals surface area contributed by atoms with Gasteiger partial charge in [-0.15, -0.1) is 0 Å². The van der Waals surface area contributed by atoms with Gasteiger partial charge in [0.05, 0.1) is 18.2 Å². The van der Waals surface area contributed by atoms with Crippen LogP contribution in [0.2, 0.25) is 0 Å². The second-order valence-corrected chi connectivity index (χ2v) is 12.1. The van der Waals surface area contributed by atoms with Crippen molar-refractivity contribution >= 4 is 17.6 Å². The Hall–Kier alpha value is -2.90. The highest BCUT2D eigenvalue weighted by molar-refractivity contribution is 5.94. The number of aliphatic hydroxyl groups excluding tert-OH is 1. The quantitative estimate of drug-likeness (QED) is 0.505. The minimum atomic E-state index is -0.390. The van der Waals surface area contributed by atoms with E-state index < -0.39 is 0 Å². The van der Waals surface area contributed by atoms with Crippen LogP contribution in [0.5, 0.6) is 5.75 Å². The fraction of sp³-hybridized carbons (Fsp3) is 0.548. The third kappa shape index (κ3) is 4.60. The molecule has 38 heavy (non-hydrogen) atoms. The zero-order valence-electron chi connectivity index (χ0n) is 22.1. The lowest BCUT2D eigenvalue weighted by molar-refractivity contribution is -0.117. The lowest BCUT2D eigenvalue weighted by atomic mass is 9.54. The summed E-state index contributed by atoms with van der Waals surface area (Å²) < 4.78 is 6.26. The Labute approximate surface area is 224 Å². The first kappa shape index (κ1) is 25.4. The number of phenolic OH excluding ortho intramolecular Hbond substituents is 1. The highest BCUT2D eigenvalue weighted by atomic mass is 16.5. The number of aromatic hydroxyl groups is 1. The third-order valence-electron chi connectivity index (χ3n) is 9.84. The maximum atomic E-state index is 13.4. The topological polar surface area (TPSA) is 99.1 Å². The minimum Gasteiger partial charge on any atom is -0.508 e. The third-order valence-corrected chi connectivity index (χ3v) is 9.84. The first-order valence-electron chi connectivity index (χ1n) is 14.1. The van der Waals surface area contributed by atoms with Crippen LogP contribution < -0.4 is 5.32 Å². The Morgan fingerprint density at radius 2 is 1.84 bits per heavy atom. The molecular weight excluding hydrogens is 480 g/mol. The van der Waals surface area contributed by atoms with E-state index in [4.69, 9.17) is 4.74 Å². The Morgan fingerprint density at radius 3 is 2.61 bits per heavy atom. The molecule has 2 aromatic carbocycles. The summed E-state index contributed by atoms with van der Waals surface area (Å²) in [7, 11) is 0. The van der Waals surface area contributed by atoms with Crippen LogP contribution in [0, 0.1) is 17.3 Å². The van der Waals surface area contributed by atoms with E-state index in [1.54, 1.807) is 30.3 Å². The normalized spacial score (nSPS) is 32.2. The maximum Gasteiger partial charge on any atom is 0.338 e. The largest absolute Gasteiger partial charge is 0.508 e. The number of amides is 1. The smallest absolute Gasteiger partial charge is 0.338 e. The zero-order valence-corrected chi connectivity index (χ0v) is 22.1. The summed E-state index contributed by atoms with van der Waals surface area (Å²) in [6.07, 6.45) is 5.79. The van der Waals surface area contributed by atoms with Crippen molar-refractivity contribution in [3.63, 3.8) is 0 Å². The maximum absolute atomic E-state index is 13.4. The summed E-state index contributed by atoms with van der Waals surface area (Å²) >= 11 is 0. The number of nitrogens with one attached hydrogen (secondary N) is 1. The van der Waals surface area contributed by atoms with Crippen LogP contribution in [-0.2, 0) is 16.0 Å². The molecule has 202 valence electrons. The van der Waals surface area contributed by atoms with Gasteiger partial charge in [0.15, 0.2) is 0 Å². The molecule has 0 unspecified atom stereocenters. The SMILES string of the molecule is C[C@]12C[C@@H](OC(=O)c3ccc(NC(=O)CN4CCCC4)cc3)[C@@H]3c4ccc(O)cc4CC[C@H]3[C@@H]1CC[C@@H]2O. The van der Waals surface area contributed by atoms with Crippen molar-refractivity contribution in [3.05, 3.63) is 59.2 Å².